The predicted molar refractivity (Wildman–Crippen MR) is 72.1 cm³/mol. The summed E-state index contributed by atoms with van der Waals surface area (Å²) < 4.78 is 0. The predicted octanol–water partition coefficient (Wildman–Crippen LogP) is 2.64. The molecule has 1 saturated heterocycles. The van der Waals surface area contributed by atoms with Crippen LogP contribution in [0, 0.1) is 11.8 Å². The minimum atomic E-state index is 0.761. The van der Waals surface area contributed by atoms with Crippen LogP contribution in [0.5, 0.6) is 0 Å². The summed E-state index contributed by atoms with van der Waals surface area (Å²) in [5.74, 6) is 2.03. The summed E-state index contributed by atoms with van der Waals surface area (Å²) in [6.07, 6.45) is 10.2. The van der Waals surface area contributed by atoms with Crippen LogP contribution >= 0.6 is 0 Å². The zero-order valence-corrected chi connectivity index (χ0v) is 11.5. The molecular weight excluding hydrogens is 208 g/mol. The van der Waals surface area contributed by atoms with E-state index in [1.807, 2.05) is 0 Å². The highest BCUT2D eigenvalue weighted by Crippen LogP contribution is 2.42. The van der Waals surface area contributed by atoms with Crippen LogP contribution in [0.3, 0.4) is 0 Å². The second kappa shape index (κ2) is 4.89. The standard InChI is InChI=1S/C15H28N2/c1-3-11-5-7-14(16-2)15(9-11)17-10-12-4-6-13(17)8-12/h11-16H,3-10H2,1-2H3. The molecule has 5 atom stereocenters. The molecule has 2 saturated carbocycles. The van der Waals surface area contributed by atoms with Crippen molar-refractivity contribution in [2.45, 2.75) is 70.0 Å². The van der Waals surface area contributed by atoms with Gasteiger partial charge in [0.1, 0.15) is 0 Å². The molecule has 0 aromatic heterocycles. The first-order valence-corrected chi connectivity index (χ1v) is 7.74. The van der Waals surface area contributed by atoms with Gasteiger partial charge in [0.05, 0.1) is 0 Å². The summed E-state index contributed by atoms with van der Waals surface area (Å²) >= 11 is 0. The van der Waals surface area contributed by atoms with Crippen LogP contribution in [0.1, 0.15) is 51.9 Å². The number of rotatable bonds is 3. The number of nitrogens with zero attached hydrogens (tertiary/aromatic N) is 1. The lowest BCUT2D eigenvalue weighted by Crippen LogP contribution is -2.54. The van der Waals surface area contributed by atoms with E-state index in [1.165, 1.54) is 51.5 Å². The third-order valence-electron chi connectivity index (χ3n) is 5.75. The van der Waals surface area contributed by atoms with Crippen LogP contribution in [-0.2, 0) is 0 Å². The molecule has 1 N–H and O–H groups in total. The van der Waals surface area contributed by atoms with Gasteiger partial charge in [-0.15, -0.1) is 0 Å². The van der Waals surface area contributed by atoms with Crippen molar-refractivity contribution in [3.8, 4) is 0 Å². The fourth-order valence-electron chi connectivity index (χ4n) is 4.67. The largest absolute Gasteiger partial charge is 0.315 e. The van der Waals surface area contributed by atoms with Crippen LogP contribution in [-0.4, -0.2) is 36.6 Å². The summed E-state index contributed by atoms with van der Waals surface area (Å²) in [5.41, 5.74) is 0. The Morgan fingerprint density at radius 2 is 2.00 bits per heavy atom. The van der Waals surface area contributed by atoms with Gasteiger partial charge in [-0.1, -0.05) is 13.3 Å². The Bertz CT molecular complexity index is 266. The lowest BCUT2D eigenvalue weighted by Gasteiger charge is -2.44. The lowest BCUT2D eigenvalue weighted by molar-refractivity contribution is 0.0720. The van der Waals surface area contributed by atoms with Gasteiger partial charge in [0.2, 0.25) is 0 Å². The van der Waals surface area contributed by atoms with E-state index in [1.54, 1.807) is 0 Å². The van der Waals surface area contributed by atoms with Crippen LogP contribution in [0.2, 0.25) is 0 Å². The molecule has 0 aromatic rings. The van der Waals surface area contributed by atoms with Gasteiger partial charge in [0, 0.05) is 24.7 Å². The monoisotopic (exact) mass is 236 g/mol. The molecule has 0 amide bonds. The lowest BCUT2D eigenvalue weighted by atomic mass is 9.80. The molecule has 5 unspecified atom stereocenters. The molecule has 0 aromatic carbocycles. The minimum absolute atomic E-state index is 0.761. The second-order valence-electron chi connectivity index (χ2n) is 6.58. The quantitative estimate of drug-likeness (QED) is 0.810. The molecule has 3 fully saturated rings. The fourth-order valence-corrected chi connectivity index (χ4v) is 4.67. The number of likely N-dealkylation sites (tertiary alicyclic amines) is 1. The van der Waals surface area contributed by atoms with E-state index in [-0.39, 0.29) is 0 Å². The maximum atomic E-state index is 3.59. The van der Waals surface area contributed by atoms with Crippen molar-refractivity contribution in [1.29, 1.82) is 0 Å². The van der Waals surface area contributed by atoms with Gasteiger partial charge in [-0.3, -0.25) is 4.90 Å². The minimum Gasteiger partial charge on any atom is -0.315 e. The Hall–Kier alpha value is -0.0800. The average Bonchev–Trinajstić information content (AvgIpc) is 3.00. The number of likely N-dealkylation sites (N-methyl/N-ethyl adjacent to an activating group) is 1. The van der Waals surface area contributed by atoms with Crippen molar-refractivity contribution in [3.05, 3.63) is 0 Å². The van der Waals surface area contributed by atoms with Crippen molar-refractivity contribution in [2.75, 3.05) is 13.6 Å². The van der Waals surface area contributed by atoms with E-state index < -0.39 is 0 Å². The zero-order valence-electron chi connectivity index (χ0n) is 11.5. The van der Waals surface area contributed by atoms with Crippen molar-refractivity contribution >= 4 is 0 Å². The highest BCUT2D eigenvalue weighted by atomic mass is 15.2. The highest BCUT2D eigenvalue weighted by Gasteiger charge is 2.44. The van der Waals surface area contributed by atoms with Gasteiger partial charge >= 0.3 is 0 Å². The highest BCUT2D eigenvalue weighted by molar-refractivity contribution is 5.00. The van der Waals surface area contributed by atoms with E-state index >= 15 is 0 Å². The van der Waals surface area contributed by atoms with Crippen LogP contribution in [0.25, 0.3) is 0 Å². The molecular formula is C15H28N2. The number of nitrogens with one attached hydrogen (secondary N) is 1. The summed E-state index contributed by atoms with van der Waals surface area (Å²) in [6, 6.07) is 2.54. The number of fused-ring (bicyclic) bond motifs is 2. The molecule has 0 spiro atoms. The first-order chi connectivity index (χ1) is 8.31. The molecule has 2 bridgehead atoms. The SMILES string of the molecule is CCC1CCC(NC)C(N2CC3CCC2C3)C1. The normalized spacial score (nSPS) is 46.6. The third-order valence-corrected chi connectivity index (χ3v) is 5.75. The van der Waals surface area contributed by atoms with E-state index in [0.717, 1.165) is 30.0 Å². The second-order valence-corrected chi connectivity index (χ2v) is 6.58. The van der Waals surface area contributed by atoms with Gasteiger partial charge in [-0.2, -0.15) is 0 Å². The molecule has 2 aliphatic carbocycles. The topological polar surface area (TPSA) is 15.3 Å². The Kier molecular flexibility index (Phi) is 3.45. The molecule has 2 heteroatoms. The average molecular weight is 236 g/mol. The summed E-state index contributed by atoms with van der Waals surface area (Å²) in [4.78, 5) is 2.89. The Labute approximate surface area is 106 Å². The molecule has 2 nitrogen and oxygen atoms in total. The van der Waals surface area contributed by atoms with Crippen LogP contribution in [0.4, 0.5) is 0 Å². The Morgan fingerprint density at radius 3 is 2.59 bits per heavy atom. The van der Waals surface area contributed by atoms with E-state index in [9.17, 15) is 0 Å². The zero-order chi connectivity index (χ0) is 11.8. The van der Waals surface area contributed by atoms with Gasteiger partial charge in [-0.25, -0.2) is 0 Å². The van der Waals surface area contributed by atoms with Crippen molar-refractivity contribution in [1.82, 2.24) is 10.2 Å². The van der Waals surface area contributed by atoms with Crippen LogP contribution < -0.4 is 5.32 Å². The summed E-state index contributed by atoms with van der Waals surface area (Å²) in [6.45, 7) is 3.78. The molecule has 3 aliphatic rings. The van der Waals surface area contributed by atoms with E-state index in [2.05, 4.69) is 24.2 Å². The molecule has 1 heterocycles. The van der Waals surface area contributed by atoms with Gasteiger partial charge in [0.15, 0.2) is 0 Å². The Morgan fingerprint density at radius 1 is 1.12 bits per heavy atom. The Balaban J connectivity index is 1.69. The van der Waals surface area contributed by atoms with Crippen molar-refractivity contribution < 1.29 is 0 Å². The molecule has 17 heavy (non-hydrogen) atoms. The molecule has 0 radical (unpaired) electrons. The van der Waals surface area contributed by atoms with Crippen molar-refractivity contribution in [2.24, 2.45) is 11.8 Å². The van der Waals surface area contributed by atoms with Gasteiger partial charge in [0.25, 0.3) is 0 Å². The third kappa shape index (κ3) is 2.15. The maximum Gasteiger partial charge on any atom is 0.0254 e. The smallest absolute Gasteiger partial charge is 0.0254 e. The van der Waals surface area contributed by atoms with E-state index in [0.29, 0.717) is 0 Å². The fraction of sp³-hybridized carbons (Fsp3) is 1.00. The van der Waals surface area contributed by atoms with Gasteiger partial charge in [-0.05, 0) is 57.4 Å². The number of hydrogen-bond acceptors (Lipinski definition) is 2. The number of hydrogen-bond donors (Lipinski definition) is 1. The first kappa shape index (κ1) is 12.0. The van der Waals surface area contributed by atoms with Crippen molar-refractivity contribution in [3.63, 3.8) is 0 Å². The van der Waals surface area contributed by atoms with E-state index in [4.69, 9.17) is 0 Å². The first-order valence-electron chi connectivity index (χ1n) is 7.74. The molecule has 1 aliphatic heterocycles. The summed E-state index contributed by atoms with van der Waals surface area (Å²) in [7, 11) is 2.16. The van der Waals surface area contributed by atoms with Gasteiger partial charge < -0.3 is 5.32 Å². The maximum absolute atomic E-state index is 3.59. The summed E-state index contributed by atoms with van der Waals surface area (Å²) in [5, 5.41) is 3.59. The molecule has 3 rings (SSSR count). The van der Waals surface area contributed by atoms with Crippen LogP contribution in [0.15, 0.2) is 0 Å². The molecule has 98 valence electrons. The number of piperidine rings is 1.